The molecule has 0 saturated carbocycles. The van der Waals surface area contributed by atoms with Gasteiger partial charge in [-0.1, -0.05) is 36.0 Å². The number of imide groups is 1. The average Bonchev–Trinajstić information content (AvgIpc) is 3.34. The molecule has 1 unspecified atom stereocenters. The summed E-state index contributed by atoms with van der Waals surface area (Å²) in [7, 11) is 3.04. The van der Waals surface area contributed by atoms with Gasteiger partial charge in [0.2, 0.25) is 11.8 Å². The third kappa shape index (κ3) is 6.30. The molecule has 4 aromatic rings. The molecule has 11 heteroatoms. The Morgan fingerprint density at radius 2 is 1.73 bits per heavy atom. The highest BCUT2D eigenvalue weighted by atomic mass is 32.2. The fraction of sp³-hybridized carbons (Fsp3) is 0.152. The van der Waals surface area contributed by atoms with Crippen LogP contribution in [0.1, 0.15) is 32.7 Å². The monoisotopic (exact) mass is 607 g/mol. The number of hydrogen-bond acceptors (Lipinski definition) is 10. The average molecular weight is 608 g/mol. The standard InChI is InChI=1S/C33H25N3O7S/c1-41-24-7-5-6-21(16-24)27(37)19-43-33(40)20-10-13-23(14-11-20)36-30(38)17-29(32(36)39)44-31-22(18-34)12-15-26(35-31)25-8-3-4-9-28(25)42-2/h3-16,29H,17,19H2,1-2H3. The number of amides is 2. The number of aromatic nitrogens is 1. The maximum Gasteiger partial charge on any atom is 0.338 e. The molecule has 1 saturated heterocycles. The van der Waals surface area contributed by atoms with Crippen molar-refractivity contribution in [3.8, 4) is 28.8 Å². The minimum atomic E-state index is -0.803. The molecule has 0 spiro atoms. The molecule has 0 bridgehead atoms. The Balaban J connectivity index is 1.26. The first-order valence-electron chi connectivity index (χ1n) is 13.4. The third-order valence-corrected chi connectivity index (χ3v) is 8.00. The lowest BCUT2D eigenvalue weighted by atomic mass is 10.1. The van der Waals surface area contributed by atoms with E-state index in [9.17, 15) is 24.4 Å². The van der Waals surface area contributed by atoms with Crippen LogP contribution in [0.5, 0.6) is 11.5 Å². The van der Waals surface area contributed by atoms with Crippen LogP contribution in [-0.2, 0) is 14.3 Å². The van der Waals surface area contributed by atoms with Gasteiger partial charge in [-0.2, -0.15) is 5.26 Å². The number of nitrogens with zero attached hydrogens (tertiary/aromatic N) is 3. The highest BCUT2D eigenvalue weighted by Crippen LogP contribution is 2.37. The summed E-state index contributed by atoms with van der Waals surface area (Å²) in [6, 6.07) is 25.0. The number of methoxy groups -OCH3 is 2. The van der Waals surface area contributed by atoms with Gasteiger partial charge in [0.05, 0.1) is 42.0 Å². The number of carbonyl (C=O) groups is 4. The van der Waals surface area contributed by atoms with E-state index in [4.69, 9.17) is 14.2 Å². The van der Waals surface area contributed by atoms with Gasteiger partial charge in [0.1, 0.15) is 22.6 Å². The number of pyridine rings is 1. The number of benzene rings is 3. The molecule has 220 valence electrons. The number of ether oxygens (including phenoxy) is 3. The van der Waals surface area contributed by atoms with E-state index in [1.807, 2.05) is 18.2 Å². The lowest BCUT2D eigenvalue weighted by Crippen LogP contribution is -2.31. The van der Waals surface area contributed by atoms with E-state index in [2.05, 4.69) is 11.1 Å². The lowest BCUT2D eigenvalue weighted by Gasteiger charge is -2.16. The van der Waals surface area contributed by atoms with Crippen molar-refractivity contribution in [1.29, 1.82) is 5.26 Å². The maximum absolute atomic E-state index is 13.4. The van der Waals surface area contributed by atoms with Crippen LogP contribution in [0.2, 0.25) is 0 Å². The van der Waals surface area contributed by atoms with E-state index in [1.165, 1.54) is 31.4 Å². The molecule has 1 atom stereocenters. The normalized spacial score (nSPS) is 14.2. The van der Waals surface area contributed by atoms with Crippen LogP contribution in [0.4, 0.5) is 5.69 Å². The smallest absolute Gasteiger partial charge is 0.338 e. The Bertz CT molecular complexity index is 1800. The van der Waals surface area contributed by atoms with Crippen molar-refractivity contribution in [2.24, 2.45) is 0 Å². The molecule has 10 nitrogen and oxygen atoms in total. The molecule has 0 radical (unpaired) electrons. The van der Waals surface area contributed by atoms with Gasteiger partial charge in [-0.05, 0) is 60.7 Å². The van der Waals surface area contributed by atoms with Crippen molar-refractivity contribution in [2.45, 2.75) is 16.7 Å². The zero-order valence-electron chi connectivity index (χ0n) is 23.7. The summed E-state index contributed by atoms with van der Waals surface area (Å²) in [6.07, 6.45) is -0.0922. The zero-order chi connectivity index (χ0) is 31.2. The van der Waals surface area contributed by atoms with E-state index in [0.717, 1.165) is 22.2 Å². The summed E-state index contributed by atoms with van der Waals surface area (Å²) < 4.78 is 15.7. The van der Waals surface area contributed by atoms with E-state index in [-0.39, 0.29) is 23.2 Å². The summed E-state index contributed by atoms with van der Waals surface area (Å²) in [6.45, 7) is -0.466. The van der Waals surface area contributed by atoms with Gasteiger partial charge in [-0.25, -0.2) is 14.7 Å². The van der Waals surface area contributed by atoms with Crippen LogP contribution in [0.25, 0.3) is 11.3 Å². The van der Waals surface area contributed by atoms with Gasteiger partial charge >= 0.3 is 5.97 Å². The first-order valence-corrected chi connectivity index (χ1v) is 14.2. The minimum absolute atomic E-state index is 0.0922. The van der Waals surface area contributed by atoms with E-state index < -0.39 is 35.4 Å². The lowest BCUT2D eigenvalue weighted by molar-refractivity contribution is -0.121. The number of Topliss-reactive ketones (excluding diaryl/α,β-unsaturated/α-hetero) is 1. The van der Waals surface area contributed by atoms with Crippen LogP contribution in [0.15, 0.2) is 90.0 Å². The summed E-state index contributed by atoms with van der Waals surface area (Å²) in [4.78, 5) is 57.0. The molecular formula is C33H25N3O7S. The summed E-state index contributed by atoms with van der Waals surface area (Å²) in [5.41, 5.74) is 2.33. The molecule has 1 aliphatic heterocycles. The molecule has 0 N–H and O–H groups in total. The first kappa shape index (κ1) is 30.0. The first-order chi connectivity index (χ1) is 21.3. The van der Waals surface area contributed by atoms with Gasteiger partial charge in [0, 0.05) is 17.5 Å². The molecule has 1 aliphatic rings. The molecular weight excluding hydrogens is 582 g/mol. The molecule has 2 heterocycles. The molecule has 1 aromatic heterocycles. The van der Waals surface area contributed by atoms with Crippen LogP contribution in [-0.4, -0.2) is 54.6 Å². The highest BCUT2D eigenvalue weighted by molar-refractivity contribution is 8.00. The number of hydrogen-bond donors (Lipinski definition) is 0. The fourth-order valence-electron chi connectivity index (χ4n) is 4.56. The predicted octanol–water partition coefficient (Wildman–Crippen LogP) is 5.10. The molecule has 2 amide bonds. The molecule has 44 heavy (non-hydrogen) atoms. The Morgan fingerprint density at radius 1 is 0.955 bits per heavy atom. The molecule has 0 aliphatic carbocycles. The number of ketones is 1. The number of rotatable bonds is 10. The number of carbonyl (C=O) groups excluding carboxylic acids is 4. The second kappa shape index (κ2) is 13.2. The van der Waals surface area contributed by atoms with Crippen molar-refractivity contribution in [3.05, 3.63) is 102 Å². The Morgan fingerprint density at radius 3 is 2.45 bits per heavy atom. The van der Waals surface area contributed by atoms with Gasteiger partial charge in [0.25, 0.3) is 0 Å². The second-order valence-corrected chi connectivity index (χ2v) is 10.7. The number of nitriles is 1. The van der Waals surface area contributed by atoms with Crippen LogP contribution < -0.4 is 14.4 Å². The van der Waals surface area contributed by atoms with Gasteiger partial charge in [0.15, 0.2) is 12.4 Å². The van der Waals surface area contributed by atoms with Crippen LogP contribution >= 0.6 is 11.8 Å². The van der Waals surface area contributed by atoms with E-state index in [1.54, 1.807) is 49.6 Å². The maximum atomic E-state index is 13.4. The van der Waals surface area contributed by atoms with Crippen molar-refractivity contribution >= 4 is 41.0 Å². The number of para-hydroxylation sites is 1. The Labute approximate surface area is 257 Å². The molecule has 5 rings (SSSR count). The van der Waals surface area contributed by atoms with Gasteiger partial charge in [-0.15, -0.1) is 0 Å². The Hall–Kier alpha value is -5.47. The summed E-state index contributed by atoms with van der Waals surface area (Å²) in [5.74, 6) is -0.903. The van der Waals surface area contributed by atoms with Crippen molar-refractivity contribution in [3.63, 3.8) is 0 Å². The number of thioether (sulfide) groups is 1. The van der Waals surface area contributed by atoms with Crippen molar-refractivity contribution in [1.82, 2.24) is 4.98 Å². The fourth-order valence-corrected chi connectivity index (χ4v) is 5.66. The zero-order valence-corrected chi connectivity index (χ0v) is 24.5. The Kier molecular flexibility index (Phi) is 9.02. The van der Waals surface area contributed by atoms with Gasteiger partial charge in [-0.3, -0.25) is 14.4 Å². The van der Waals surface area contributed by atoms with Crippen LogP contribution in [0.3, 0.4) is 0 Å². The summed E-state index contributed by atoms with van der Waals surface area (Å²) >= 11 is 1.05. The molecule has 1 fully saturated rings. The predicted molar refractivity (Wildman–Crippen MR) is 162 cm³/mol. The topological polar surface area (TPSA) is 136 Å². The minimum Gasteiger partial charge on any atom is -0.497 e. The SMILES string of the molecule is COc1cccc(C(=O)COC(=O)c2ccc(N3C(=O)CC(Sc4nc(-c5ccccc5OC)ccc4C#N)C3=O)cc2)c1. The van der Waals surface area contributed by atoms with Crippen molar-refractivity contribution < 1.29 is 33.4 Å². The second-order valence-electron chi connectivity index (χ2n) is 9.52. The van der Waals surface area contributed by atoms with E-state index in [0.29, 0.717) is 27.8 Å². The summed E-state index contributed by atoms with van der Waals surface area (Å²) in [5, 5.41) is 9.19. The number of anilines is 1. The van der Waals surface area contributed by atoms with Crippen molar-refractivity contribution in [2.75, 3.05) is 25.7 Å². The third-order valence-electron chi connectivity index (χ3n) is 6.81. The quantitative estimate of drug-likeness (QED) is 0.136. The number of esters is 1. The van der Waals surface area contributed by atoms with E-state index >= 15 is 0 Å². The van der Waals surface area contributed by atoms with Crippen LogP contribution in [0, 0.1) is 11.3 Å². The molecule has 3 aromatic carbocycles. The highest BCUT2D eigenvalue weighted by Gasteiger charge is 2.41. The van der Waals surface area contributed by atoms with Gasteiger partial charge < -0.3 is 14.2 Å². The largest absolute Gasteiger partial charge is 0.497 e.